The van der Waals surface area contributed by atoms with Crippen LogP contribution in [-0.2, 0) is 27.1 Å². The van der Waals surface area contributed by atoms with E-state index in [1.807, 2.05) is 0 Å². The van der Waals surface area contributed by atoms with E-state index >= 15 is 0 Å². The van der Waals surface area contributed by atoms with Crippen molar-refractivity contribution in [1.29, 1.82) is 0 Å². The Morgan fingerprint density at radius 3 is 1.52 bits per heavy atom. The minimum atomic E-state index is -0.225. The van der Waals surface area contributed by atoms with Crippen molar-refractivity contribution < 1.29 is 0 Å². The zero-order chi connectivity index (χ0) is 44.3. The number of hydrogen-bond donors (Lipinski definition) is 0. The topological polar surface area (TPSA) is 6.48 Å². The summed E-state index contributed by atoms with van der Waals surface area (Å²) in [6.45, 7) is 30.6. The van der Waals surface area contributed by atoms with Crippen molar-refractivity contribution in [1.82, 2.24) is 0 Å². The van der Waals surface area contributed by atoms with Crippen LogP contribution >= 0.6 is 0 Å². The van der Waals surface area contributed by atoms with Gasteiger partial charge >= 0.3 is 6.85 Å². The first kappa shape index (κ1) is 40.0. The quantitative estimate of drug-likeness (QED) is 0.160. The zero-order valence-electron chi connectivity index (χ0n) is 39.7. The van der Waals surface area contributed by atoms with Crippen molar-refractivity contribution in [2.24, 2.45) is 0 Å². The highest BCUT2D eigenvalue weighted by Crippen LogP contribution is 2.60. The zero-order valence-corrected chi connectivity index (χ0v) is 39.7. The summed E-state index contributed by atoms with van der Waals surface area (Å²) in [6.07, 6.45) is 0. The molecule has 11 rings (SSSR count). The van der Waals surface area contributed by atoms with Gasteiger partial charge in [0.05, 0.1) is 0 Å². The van der Waals surface area contributed by atoms with E-state index in [0.29, 0.717) is 0 Å². The number of hydrogen-bond acceptors (Lipinski definition) is 2. The van der Waals surface area contributed by atoms with Crippen LogP contribution in [0.3, 0.4) is 0 Å². The maximum atomic E-state index is 2.74. The summed E-state index contributed by atoms with van der Waals surface area (Å²) < 4.78 is 0. The van der Waals surface area contributed by atoms with Gasteiger partial charge in [0, 0.05) is 44.8 Å². The minimum Gasteiger partial charge on any atom is -0.376 e. The average Bonchev–Trinajstić information content (AvgIpc) is 3.60. The first-order valence-electron chi connectivity index (χ1n) is 23.2. The summed E-state index contributed by atoms with van der Waals surface area (Å²) in [6, 6.07) is 52.5. The van der Waals surface area contributed by atoms with Crippen molar-refractivity contribution in [3.63, 3.8) is 0 Å². The SMILES string of the molecule is CC(C)(C)c1ccc(N2B3c4cc(C(C)(C)C)ccc4N(c4ccc(C(C)(C)C)cc4)c4cc5c(c(c43)-c3cc4c(cc32)C(C)(C)c2ccccc2-4)C(C)(C)c2ccccc2-5)cc1. The molecule has 2 aliphatic carbocycles. The van der Waals surface area contributed by atoms with Crippen LogP contribution in [0.25, 0.3) is 33.4 Å². The third kappa shape index (κ3) is 5.63. The molecular formula is C60H61BN2. The molecule has 0 saturated heterocycles. The third-order valence-corrected chi connectivity index (χ3v) is 15.3. The summed E-state index contributed by atoms with van der Waals surface area (Å²) in [4.78, 5) is 5.34. The Hall–Kier alpha value is -5.80. The van der Waals surface area contributed by atoms with Gasteiger partial charge in [0.1, 0.15) is 0 Å². The Morgan fingerprint density at radius 1 is 0.413 bits per heavy atom. The molecule has 0 fully saturated rings. The van der Waals surface area contributed by atoms with Crippen LogP contribution in [0.1, 0.15) is 129 Å². The Bertz CT molecular complexity index is 3050. The maximum absolute atomic E-state index is 2.74. The van der Waals surface area contributed by atoms with E-state index in [1.54, 1.807) is 0 Å². The lowest BCUT2D eigenvalue weighted by Crippen LogP contribution is -2.62. The van der Waals surface area contributed by atoms with Gasteiger partial charge in [0.15, 0.2) is 0 Å². The number of nitrogens with zero attached hydrogens (tertiary/aromatic N) is 2. The molecular weight excluding hydrogens is 759 g/mol. The number of rotatable bonds is 2. The van der Waals surface area contributed by atoms with Crippen LogP contribution < -0.4 is 20.6 Å². The summed E-state index contributed by atoms with van der Waals surface area (Å²) in [7, 11) is 0. The fourth-order valence-corrected chi connectivity index (χ4v) is 11.8. The van der Waals surface area contributed by atoms with Crippen LogP contribution in [0.4, 0.5) is 28.4 Å². The molecule has 4 aliphatic rings. The van der Waals surface area contributed by atoms with Crippen molar-refractivity contribution in [2.45, 2.75) is 117 Å². The molecule has 3 heteroatoms. The molecule has 7 aromatic rings. The first-order chi connectivity index (χ1) is 29.7. The summed E-state index contributed by atoms with van der Waals surface area (Å²) >= 11 is 0. The van der Waals surface area contributed by atoms with E-state index < -0.39 is 0 Å². The summed E-state index contributed by atoms with van der Waals surface area (Å²) in [5.74, 6) is 0. The Morgan fingerprint density at radius 2 is 0.937 bits per heavy atom. The van der Waals surface area contributed by atoms with Crippen molar-refractivity contribution in [3.8, 4) is 33.4 Å². The Labute approximate surface area is 377 Å². The second-order valence-corrected chi connectivity index (χ2v) is 23.1. The molecule has 0 spiro atoms. The second kappa shape index (κ2) is 12.9. The molecule has 0 unspecified atom stereocenters. The van der Waals surface area contributed by atoms with E-state index in [2.05, 4.69) is 233 Å². The van der Waals surface area contributed by atoms with Gasteiger partial charge < -0.3 is 9.71 Å². The molecule has 0 amide bonds. The lowest BCUT2D eigenvalue weighted by molar-refractivity contribution is 0.590. The predicted octanol–water partition coefficient (Wildman–Crippen LogP) is 14.9. The van der Waals surface area contributed by atoms with Crippen LogP contribution in [0.2, 0.25) is 0 Å². The molecule has 0 atom stereocenters. The van der Waals surface area contributed by atoms with E-state index in [-0.39, 0.29) is 33.9 Å². The van der Waals surface area contributed by atoms with E-state index in [9.17, 15) is 0 Å². The summed E-state index contributed by atoms with van der Waals surface area (Å²) in [5.41, 5.74) is 26.4. The molecule has 2 heterocycles. The minimum absolute atomic E-state index is 0.0396. The highest BCUT2D eigenvalue weighted by Gasteiger charge is 2.51. The highest BCUT2D eigenvalue weighted by molar-refractivity contribution is 6.93. The molecule has 0 aromatic heterocycles. The maximum Gasteiger partial charge on any atom is 0.333 e. The van der Waals surface area contributed by atoms with Crippen molar-refractivity contribution in [2.75, 3.05) is 9.71 Å². The lowest BCUT2D eigenvalue weighted by atomic mass is 9.42. The smallest absolute Gasteiger partial charge is 0.333 e. The van der Waals surface area contributed by atoms with Gasteiger partial charge in [0.25, 0.3) is 0 Å². The summed E-state index contributed by atoms with van der Waals surface area (Å²) in [5, 5.41) is 0. The molecule has 0 saturated carbocycles. The van der Waals surface area contributed by atoms with Crippen molar-refractivity contribution in [3.05, 3.63) is 172 Å². The molecule has 7 aromatic carbocycles. The third-order valence-electron chi connectivity index (χ3n) is 15.3. The standard InChI is InChI=1S/C60H61BN2/c1-56(2,3)36-22-27-39(28-23-36)62-50-31-26-38(58(7,8)9)32-49(50)61-55-52(62)34-44-42-19-15-17-21-47(42)60(12,13)54(44)53(55)45-33-43-41-18-14-16-20-46(41)59(10,11)48(43)35-51(45)63(61)40-29-24-37(25-30-40)57(4,5)6/h14-35H,1-13H3. The molecule has 314 valence electrons. The van der Waals surface area contributed by atoms with Gasteiger partial charge in [-0.1, -0.05) is 175 Å². The Kier molecular flexibility index (Phi) is 8.20. The van der Waals surface area contributed by atoms with Crippen molar-refractivity contribution >= 4 is 46.2 Å². The second-order valence-electron chi connectivity index (χ2n) is 23.1. The molecule has 2 nitrogen and oxygen atoms in total. The number of benzene rings is 7. The fourth-order valence-electron chi connectivity index (χ4n) is 11.8. The molecule has 0 N–H and O–H groups in total. The van der Waals surface area contributed by atoms with Gasteiger partial charge in [-0.2, -0.15) is 0 Å². The monoisotopic (exact) mass is 820 g/mol. The normalized spacial score (nSPS) is 16.2. The largest absolute Gasteiger partial charge is 0.376 e. The van der Waals surface area contributed by atoms with Gasteiger partial charge in [-0.25, -0.2) is 0 Å². The average molecular weight is 821 g/mol. The number of fused-ring (bicyclic) bond motifs is 11. The van der Waals surface area contributed by atoms with E-state index in [1.165, 1.54) is 112 Å². The van der Waals surface area contributed by atoms with Crippen LogP contribution in [0.5, 0.6) is 0 Å². The van der Waals surface area contributed by atoms with Crippen LogP contribution in [0.15, 0.2) is 133 Å². The first-order valence-corrected chi connectivity index (χ1v) is 23.2. The number of anilines is 5. The lowest BCUT2D eigenvalue weighted by Gasteiger charge is -2.47. The highest BCUT2D eigenvalue weighted by atomic mass is 15.2. The van der Waals surface area contributed by atoms with Crippen LogP contribution in [-0.4, -0.2) is 6.85 Å². The molecule has 0 radical (unpaired) electrons. The predicted molar refractivity (Wildman–Crippen MR) is 271 cm³/mol. The van der Waals surface area contributed by atoms with Crippen LogP contribution in [0, 0.1) is 0 Å². The van der Waals surface area contributed by atoms with Gasteiger partial charge in [-0.15, -0.1) is 0 Å². The molecule has 2 aliphatic heterocycles. The molecule has 0 bridgehead atoms. The fraction of sp³-hybridized carbons (Fsp3) is 0.300. The van der Waals surface area contributed by atoms with Gasteiger partial charge in [-0.05, 0) is 142 Å². The van der Waals surface area contributed by atoms with Gasteiger partial charge in [0.2, 0.25) is 0 Å². The van der Waals surface area contributed by atoms with Gasteiger partial charge in [-0.3, -0.25) is 0 Å². The Balaban J connectivity index is 1.32. The van der Waals surface area contributed by atoms with E-state index in [4.69, 9.17) is 0 Å². The van der Waals surface area contributed by atoms with E-state index in [0.717, 1.165) is 0 Å². The molecule has 63 heavy (non-hydrogen) atoms.